The van der Waals surface area contributed by atoms with Gasteiger partial charge in [0.15, 0.2) is 22.5 Å². The number of nitrogens with zero attached hydrogens (tertiary/aromatic N) is 4. The Labute approximate surface area is 198 Å². The molecule has 2 aromatic carbocycles. The number of rotatable bonds is 8. The van der Waals surface area contributed by atoms with Crippen LogP contribution in [0, 0.1) is 5.82 Å². The number of ether oxygens (including phenoxy) is 1. The smallest absolute Gasteiger partial charge is 0.236 e. The predicted octanol–water partition coefficient (Wildman–Crippen LogP) is 5.26. The highest BCUT2D eigenvalue weighted by Gasteiger charge is 2.30. The molecule has 1 fully saturated rings. The molecule has 0 spiro atoms. The van der Waals surface area contributed by atoms with E-state index in [2.05, 4.69) is 17.1 Å². The highest BCUT2D eigenvalue weighted by molar-refractivity contribution is 8.00. The van der Waals surface area contributed by atoms with Gasteiger partial charge in [-0.3, -0.25) is 9.36 Å². The second kappa shape index (κ2) is 10.8. The third-order valence-corrected chi connectivity index (χ3v) is 6.95. The van der Waals surface area contributed by atoms with E-state index in [1.54, 1.807) is 18.2 Å². The molecule has 0 radical (unpaired) electrons. The summed E-state index contributed by atoms with van der Waals surface area (Å²) in [5.41, 5.74) is 0.862. The summed E-state index contributed by atoms with van der Waals surface area (Å²) < 4.78 is 21.6. The first-order valence-electron chi connectivity index (χ1n) is 11.4. The van der Waals surface area contributed by atoms with Crippen molar-refractivity contribution in [2.75, 3.05) is 6.54 Å². The number of hydrogen-bond donors (Lipinski definition) is 0. The molecule has 2 heterocycles. The van der Waals surface area contributed by atoms with Crippen molar-refractivity contribution < 1.29 is 13.9 Å². The Morgan fingerprint density at radius 1 is 1.15 bits per heavy atom. The van der Waals surface area contributed by atoms with E-state index in [0.29, 0.717) is 17.0 Å². The van der Waals surface area contributed by atoms with Crippen molar-refractivity contribution in [3.8, 4) is 11.4 Å². The number of carbonyl (C=O) groups is 1. The van der Waals surface area contributed by atoms with Gasteiger partial charge >= 0.3 is 0 Å². The van der Waals surface area contributed by atoms with Crippen LogP contribution in [0.4, 0.5) is 4.39 Å². The lowest BCUT2D eigenvalue weighted by Gasteiger charge is -2.36. The fourth-order valence-corrected chi connectivity index (χ4v) is 5.12. The summed E-state index contributed by atoms with van der Waals surface area (Å²) in [6.07, 6.45) is 4.27. The number of halogens is 1. The van der Waals surface area contributed by atoms with E-state index in [1.807, 2.05) is 46.7 Å². The number of aromatic nitrogens is 3. The average Bonchev–Trinajstić information content (AvgIpc) is 3.25. The Hall–Kier alpha value is -2.87. The molecule has 0 N–H and O–H groups in total. The van der Waals surface area contributed by atoms with Crippen molar-refractivity contribution in [1.82, 2.24) is 19.7 Å². The van der Waals surface area contributed by atoms with Crippen molar-refractivity contribution in [3.05, 3.63) is 66.2 Å². The highest BCUT2D eigenvalue weighted by atomic mass is 32.2. The van der Waals surface area contributed by atoms with Crippen molar-refractivity contribution in [2.24, 2.45) is 0 Å². The zero-order chi connectivity index (χ0) is 23.2. The molecule has 0 saturated carbocycles. The minimum Gasteiger partial charge on any atom is -0.483 e. The van der Waals surface area contributed by atoms with E-state index in [4.69, 9.17) is 4.74 Å². The second-order valence-corrected chi connectivity index (χ2v) is 9.45. The highest BCUT2D eigenvalue weighted by Crippen LogP contribution is 2.29. The molecule has 174 valence electrons. The summed E-state index contributed by atoms with van der Waals surface area (Å²) >= 11 is 1.39. The molecule has 1 aromatic heterocycles. The number of carbonyl (C=O) groups excluding carboxylic acids is 1. The Kier molecular flexibility index (Phi) is 7.65. The van der Waals surface area contributed by atoms with Crippen LogP contribution in [0.5, 0.6) is 5.75 Å². The topological polar surface area (TPSA) is 60.3 Å². The lowest BCUT2D eigenvalue weighted by Crippen LogP contribution is -2.46. The molecular weight excluding hydrogens is 439 g/mol. The monoisotopic (exact) mass is 468 g/mol. The van der Waals surface area contributed by atoms with Gasteiger partial charge in [-0.25, -0.2) is 4.39 Å². The number of para-hydroxylation sites is 2. The zero-order valence-electron chi connectivity index (χ0n) is 19.0. The Morgan fingerprint density at radius 3 is 2.67 bits per heavy atom. The maximum Gasteiger partial charge on any atom is 0.236 e. The Morgan fingerprint density at radius 2 is 1.91 bits per heavy atom. The predicted molar refractivity (Wildman–Crippen MR) is 127 cm³/mol. The number of amides is 1. The van der Waals surface area contributed by atoms with Crippen LogP contribution in [0.2, 0.25) is 0 Å². The molecule has 6 nitrogen and oxygen atoms in total. The number of benzene rings is 2. The maximum absolute atomic E-state index is 14.0. The molecule has 0 aliphatic carbocycles. The summed E-state index contributed by atoms with van der Waals surface area (Å²) in [6.45, 7) is 4.93. The van der Waals surface area contributed by atoms with Crippen molar-refractivity contribution in [3.63, 3.8) is 0 Å². The van der Waals surface area contributed by atoms with Crippen LogP contribution in [-0.4, -0.2) is 43.4 Å². The van der Waals surface area contributed by atoms with Crippen molar-refractivity contribution in [1.29, 1.82) is 0 Å². The Balaban J connectivity index is 1.56. The molecule has 2 atom stereocenters. The van der Waals surface area contributed by atoms with E-state index in [0.717, 1.165) is 31.5 Å². The summed E-state index contributed by atoms with van der Waals surface area (Å²) in [5.74, 6) is 0.409. The van der Waals surface area contributed by atoms with Gasteiger partial charge in [0.1, 0.15) is 6.61 Å². The van der Waals surface area contributed by atoms with Gasteiger partial charge in [0, 0.05) is 18.3 Å². The van der Waals surface area contributed by atoms with E-state index in [1.165, 1.54) is 24.2 Å². The number of thioether (sulfide) groups is 1. The summed E-state index contributed by atoms with van der Waals surface area (Å²) in [6, 6.07) is 16.3. The minimum absolute atomic E-state index is 0.0513. The molecule has 33 heavy (non-hydrogen) atoms. The van der Waals surface area contributed by atoms with Crippen molar-refractivity contribution >= 4 is 17.7 Å². The fraction of sp³-hybridized carbons (Fsp3) is 0.400. The summed E-state index contributed by atoms with van der Waals surface area (Å²) in [7, 11) is 0. The molecule has 1 amide bonds. The first-order chi connectivity index (χ1) is 16.1. The fourth-order valence-electron chi connectivity index (χ4n) is 4.17. The minimum atomic E-state index is -0.427. The van der Waals surface area contributed by atoms with Crippen LogP contribution in [0.1, 0.15) is 45.4 Å². The van der Waals surface area contributed by atoms with Crippen LogP contribution in [0.25, 0.3) is 5.69 Å². The third-order valence-electron chi connectivity index (χ3n) is 5.92. The van der Waals surface area contributed by atoms with Crippen LogP contribution >= 0.6 is 11.8 Å². The lowest BCUT2D eigenvalue weighted by molar-refractivity contribution is -0.134. The zero-order valence-corrected chi connectivity index (χ0v) is 19.8. The van der Waals surface area contributed by atoms with E-state index in [9.17, 15) is 9.18 Å². The molecule has 1 saturated heterocycles. The van der Waals surface area contributed by atoms with Crippen LogP contribution < -0.4 is 4.74 Å². The molecule has 4 rings (SSSR count). The van der Waals surface area contributed by atoms with E-state index < -0.39 is 5.82 Å². The first kappa shape index (κ1) is 23.3. The molecule has 2 unspecified atom stereocenters. The summed E-state index contributed by atoms with van der Waals surface area (Å²) in [5, 5.41) is 8.99. The number of hydrogen-bond acceptors (Lipinski definition) is 5. The second-order valence-electron chi connectivity index (χ2n) is 8.14. The standard InChI is InChI=1S/C25H29FN4O2S/c1-3-19-11-9-10-16-29(19)24(31)18(2)33-25-28-27-23(30(25)20-12-5-4-6-13-20)17-32-22-15-8-7-14-21(22)26/h4-8,12-15,18-19H,3,9-11,16-17H2,1-2H3. The van der Waals surface area contributed by atoms with E-state index in [-0.39, 0.29) is 23.5 Å². The van der Waals surface area contributed by atoms with Gasteiger partial charge < -0.3 is 9.64 Å². The number of piperidine rings is 1. The van der Waals surface area contributed by atoms with Gasteiger partial charge in [0.25, 0.3) is 0 Å². The normalized spacial score (nSPS) is 17.1. The van der Waals surface area contributed by atoms with Crippen LogP contribution in [0.3, 0.4) is 0 Å². The molecule has 3 aromatic rings. The molecule has 0 bridgehead atoms. The maximum atomic E-state index is 14.0. The molecular formula is C25H29FN4O2S. The first-order valence-corrected chi connectivity index (χ1v) is 12.3. The van der Waals surface area contributed by atoms with Gasteiger partial charge in [-0.05, 0) is 56.9 Å². The quantitative estimate of drug-likeness (QED) is 0.422. The third kappa shape index (κ3) is 5.38. The molecule has 1 aliphatic heterocycles. The molecule has 8 heteroatoms. The van der Waals surface area contributed by atoms with Crippen LogP contribution in [0.15, 0.2) is 59.8 Å². The largest absolute Gasteiger partial charge is 0.483 e. The van der Waals surface area contributed by atoms with Gasteiger partial charge in [-0.15, -0.1) is 10.2 Å². The number of likely N-dealkylation sites (tertiary alicyclic amines) is 1. The van der Waals surface area contributed by atoms with Crippen LogP contribution in [-0.2, 0) is 11.4 Å². The van der Waals surface area contributed by atoms with Gasteiger partial charge in [0.2, 0.25) is 5.91 Å². The SMILES string of the molecule is CCC1CCCCN1C(=O)C(C)Sc1nnc(COc2ccccc2F)n1-c1ccccc1. The van der Waals surface area contributed by atoms with Gasteiger partial charge in [-0.1, -0.05) is 49.0 Å². The van der Waals surface area contributed by atoms with Crippen molar-refractivity contribution in [2.45, 2.75) is 62.6 Å². The average molecular weight is 469 g/mol. The van der Waals surface area contributed by atoms with E-state index >= 15 is 0 Å². The Bertz CT molecular complexity index is 1080. The van der Waals surface area contributed by atoms with Gasteiger partial charge in [0.05, 0.1) is 5.25 Å². The lowest BCUT2D eigenvalue weighted by atomic mass is 10.00. The summed E-state index contributed by atoms with van der Waals surface area (Å²) in [4.78, 5) is 15.3. The molecule has 1 aliphatic rings. The van der Waals surface area contributed by atoms with Gasteiger partial charge in [-0.2, -0.15) is 0 Å².